The smallest absolute Gasteiger partial charge is 0.245 e. The van der Waals surface area contributed by atoms with Crippen LogP contribution in [0, 0.1) is 0 Å². The number of nitrogens with zero attached hydrogens (tertiary/aromatic N) is 1. The molecule has 74 valence electrons. The van der Waals surface area contributed by atoms with Gasteiger partial charge in [-0.15, -0.1) is 0 Å². The molecule has 0 heterocycles. The summed E-state index contributed by atoms with van der Waals surface area (Å²) in [5.74, 6) is -0.134. The van der Waals surface area contributed by atoms with Gasteiger partial charge in [-0.25, -0.2) is 0 Å². The quantitative estimate of drug-likeness (QED) is 0.619. The zero-order valence-electron chi connectivity index (χ0n) is 8.17. The van der Waals surface area contributed by atoms with Gasteiger partial charge in [0, 0.05) is 26.6 Å². The number of carbonyl (C=O) groups excluding carboxylic acids is 2. The summed E-state index contributed by atoms with van der Waals surface area (Å²) in [6.07, 6.45) is 1.72. The molecule has 4 heteroatoms. The minimum atomic E-state index is -0.134. The third kappa shape index (κ3) is 5.00. The molecule has 1 N–H and O–H groups in total. The first-order chi connectivity index (χ1) is 6.11. The molecule has 0 atom stereocenters. The summed E-state index contributed by atoms with van der Waals surface area (Å²) < 4.78 is 0. The van der Waals surface area contributed by atoms with Crippen molar-refractivity contribution < 1.29 is 9.59 Å². The molecular formula is C9H16N2O2. The standard InChI is InChI=1S/C9H16N2O2/c1-4-8(12)10-6-7-11(3)9(13)5-2/h5H,2,4,6-7H2,1,3H3,(H,10,12). The minimum Gasteiger partial charge on any atom is -0.354 e. The fourth-order valence-electron chi connectivity index (χ4n) is 0.754. The van der Waals surface area contributed by atoms with Gasteiger partial charge >= 0.3 is 0 Å². The Labute approximate surface area is 78.6 Å². The summed E-state index contributed by atoms with van der Waals surface area (Å²) in [5, 5.41) is 2.68. The highest BCUT2D eigenvalue weighted by molar-refractivity contribution is 5.86. The predicted molar refractivity (Wildman–Crippen MR) is 51.1 cm³/mol. The van der Waals surface area contributed by atoms with Gasteiger partial charge in [0.05, 0.1) is 0 Å². The summed E-state index contributed by atoms with van der Waals surface area (Å²) in [4.78, 5) is 23.3. The molecule has 0 bridgehead atoms. The van der Waals surface area contributed by atoms with Crippen molar-refractivity contribution >= 4 is 11.8 Å². The molecule has 0 aromatic rings. The van der Waals surface area contributed by atoms with E-state index in [1.54, 1.807) is 14.0 Å². The molecule has 0 aromatic carbocycles. The van der Waals surface area contributed by atoms with Crippen molar-refractivity contribution in [1.29, 1.82) is 0 Å². The summed E-state index contributed by atoms with van der Waals surface area (Å²) in [6.45, 7) is 6.15. The molecule has 0 rings (SSSR count). The normalized spacial score (nSPS) is 9.08. The average molecular weight is 184 g/mol. The Hall–Kier alpha value is -1.32. The third-order valence-electron chi connectivity index (χ3n) is 1.64. The van der Waals surface area contributed by atoms with Crippen molar-refractivity contribution in [2.75, 3.05) is 20.1 Å². The van der Waals surface area contributed by atoms with Gasteiger partial charge in [-0.1, -0.05) is 13.5 Å². The Kier molecular flexibility index (Phi) is 5.59. The van der Waals surface area contributed by atoms with Gasteiger partial charge in [-0.2, -0.15) is 0 Å². The molecule has 0 radical (unpaired) electrons. The lowest BCUT2D eigenvalue weighted by Gasteiger charge is -2.14. The van der Waals surface area contributed by atoms with Crippen LogP contribution in [0.15, 0.2) is 12.7 Å². The number of nitrogens with one attached hydrogen (secondary N) is 1. The van der Waals surface area contributed by atoms with Crippen LogP contribution >= 0.6 is 0 Å². The fraction of sp³-hybridized carbons (Fsp3) is 0.556. The van der Waals surface area contributed by atoms with Crippen LogP contribution in [0.3, 0.4) is 0 Å². The van der Waals surface area contributed by atoms with Gasteiger partial charge < -0.3 is 10.2 Å². The van der Waals surface area contributed by atoms with Gasteiger partial charge in [-0.3, -0.25) is 9.59 Å². The van der Waals surface area contributed by atoms with Crippen molar-refractivity contribution in [2.24, 2.45) is 0 Å². The number of amides is 2. The van der Waals surface area contributed by atoms with Crippen molar-refractivity contribution in [2.45, 2.75) is 13.3 Å². The molecular weight excluding hydrogens is 168 g/mol. The van der Waals surface area contributed by atoms with E-state index < -0.39 is 0 Å². The molecule has 0 aliphatic carbocycles. The van der Waals surface area contributed by atoms with E-state index in [2.05, 4.69) is 11.9 Å². The largest absolute Gasteiger partial charge is 0.354 e. The van der Waals surface area contributed by atoms with Gasteiger partial charge in [0.2, 0.25) is 11.8 Å². The van der Waals surface area contributed by atoms with Gasteiger partial charge in [0.15, 0.2) is 0 Å². The minimum absolute atomic E-state index is 0.000507. The van der Waals surface area contributed by atoms with Crippen LogP contribution in [0.4, 0.5) is 0 Å². The zero-order valence-corrected chi connectivity index (χ0v) is 8.17. The molecule has 0 aliphatic rings. The first-order valence-electron chi connectivity index (χ1n) is 4.26. The maximum atomic E-state index is 11.0. The second kappa shape index (κ2) is 6.22. The van der Waals surface area contributed by atoms with Crippen molar-refractivity contribution in [1.82, 2.24) is 10.2 Å². The number of carbonyl (C=O) groups is 2. The van der Waals surface area contributed by atoms with Gasteiger partial charge in [-0.05, 0) is 6.08 Å². The SMILES string of the molecule is C=CC(=O)N(C)CCNC(=O)CC. The van der Waals surface area contributed by atoms with E-state index in [4.69, 9.17) is 0 Å². The molecule has 4 nitrogen and oxygen atoms in total. The van der Waals surface area contributed by atoms with E-state index >= 15 is 0 Å². The lowest BCUT2D eigenvalue weighted by atomic mass is 10.4. The highest BCUT2D eigenvalue weighted by Crippen LogP contribution is 1.84. The van der Waals surface area contributed by atoms with E-state index in [-0.39, 0.29) is 11.8 Å². The first kappa shape index (κ1) is 11.7. The topological polar surface area (TPSA) is 49.4 Å². The Bertz CT molecular complexity index is 202. The van der Waals surface area contributed by atoms with Gasteiger partial charge in [0.25, 0.3) is 0 Å². The molecule has 0 saturated carbocycles. The summed E-state index contributed by atoms with van der Waals surface area (Å²) in [7, 11) is 1.67. The Balaban J connectivity index is 3.58. The van der Waals surface area contributed by atoms with Crippen LogP contribution in [0.1, 0.15) is 13.3 Å². The maximum absolute atomic E-state index is 11.0. The molecule has 0 fully saturated rings. The first-order valence-corrected chi connectivity index (χ1v) is 4.26. The summed E-state index contributed by atoms with van der Waals surface area (Å²) >= 11 is 0. The Morgan fingerprint density at radius 2 is 2.15 bits per heavy atom. The molecule has 0 unspecified atom stereocenters. The Morgan fingerprint density at radius 1 is 1.54 bits per heavy atom. The van der Waals surface area contributed by atoms with E-state index in [9.17, 15) is 9.59 Å². The molecule has 0 aliphatic heterocycles. The van der Waals surface area contributed by atoms with E-state index in [1.807, 2.05) is 0 Å². The third-order valence-corrected chi connectivity index (χ3v) is 1.64. The monoisotopic (exact) mass is 184 g/mol. The maximum Gasteiger partial charge on any atom is 0.245 e. The highest BCUT2D eigenvalue weighted by Gasteiger charge is 2.03. The van der Waals surface area contributed by atoms with Crippen LogP contribution in [-0.4, -0.2) is 36.9 Å². The predicted octanol–water partition coefficient (Wildman–Crippen LogP) is 0.157. The number of rotatable bonds is 5. The number of likely N-dealkylation sites (N-methyl/N-ethyl adjacent to an activating group) is 1. The number of hydrogen-bond donors (Lipinski definition) is 1. The lowest BCUT2D eigenvalue weighted by Crippen LogP contribution is -2.35. The number of hydrogen-bond acceptors (Lipinski definition) is 2. The van der Waals surface area contributed by atoms with Crippen molar-refractivity contribution in [3.63, 3.8) is 0 Å². The van der Waals surface area contributed by atoms with Crippen LogP contribution < -0.4 is 5.32 Å². The molecule has 13 heavy (non-hydrogen) atoms. The van der Waals surface area contributed by atoms with Crippen LogP contribution in [0.25, 0.3) is 0 Å². The van der Waals surface area contributed by atoms with Crippen LogP contribution in [-0.2, 0) is 9.59 Å². The van der Waals surface area contributed by atoms with Crippen LogP contribution in [0.2, 0.25) is 0 Å². The molecule has 0 spiro atoms. The molecule has 0 aromatic heterocycles. The Morgan fingerprint density at radius 3 is 2.62 bits per heavy atom. The molecule has 2 amide bonds. The fourth-order valence-corrected chi connectivity index (χ4v) is 0.754. The summed E-state index contributed by atoms with van der Waals surface area (Å²) in [6, 6.07) is 0. The lowest BCUT2D eigenvalue weighted by molar-refractivity contribution is -0.125. The second-order valence-corrected chi connectivity index (χ2v) is 2.67. The van der Waals surface area contributed by atoms with Crippen molar-refractivity contribution in [3.05, 3.63) is 12.7 Å². The van der Waals surface area contributed by atoms with E-state index in [1.165, 1.54) is 11.0 Å². The van der Waals surface area contributed by atoms with E-state index in [0.29, 0.717) is 19.5 Å². The van der Waals surface area contributed by atoms with Gasteiger partial charge in [0.1, 0.15) is 0 Å². The average Bonchev–Trinajstić information content (AvgIpc) is 2.15. The highest BCUT2D eigenvalue weighted by atomic mass is 16.2. The van der Waals surface area contributed by atoms with Crippen molar-refractivity contribution in [3.8, 4) is 0 Å². The summed E-state index contributed by atoms with van der Waals surface area (Å²) in [5.41, 5.74) is 0. The second-order valence-electron chi connectivity index (χ2n) is 2.67. The van der Waals surface area contributed by atoms with E-state index in [0.717, 1.165) is 0 Å². The van der Waals surface area contributed by atoms with Crippen LogP contribution in [0.5, 0.6) is 0 Å². The zero-order chi connectivity index (χ0) is 10.3. The molecule has 0 saturated heterocycles.